The maximum atomic E-state index is 12.6. The normalized spacial score (nSPS) is 12.3. The smallest absolute Gasteiger partial charge is 0.408 e. The molecule has 0 aromatic heterocycles. The van der Waals surface area contributed by atoms with Crippen molar-refractivity contribution in [1.29, 1.82) is 0 Å². The zero-order valence-corrected chi connectivity index (χ0v) is 15.8. The Morgan fingerprint density at radius 3 is 2.11 bits per heavy atom. The van der Waals surface area contributed by atoms with E-state index < -0.39 is 24.1 Å². The van der Waals surface area contributed by atoms with Crippen molar-refractivity contribution in [2.45, 2.75) is 32.0 Å². The van der Waals surface area contributed by atoms with Crippen LogP contribution >= 0.6 is 0 Å². The van der Waals surface area contributed by atoms with E-state index in [1.165, 1.54) is 0 Å². The average Bonchev–Trinajstić information content (AvgIpc) is 2.72. The number of benzene rings is 2. The number of carbonyl (C=O) groups excluding carboxylic acids is 3. The number of ketones is 1. The van der Waals surface area contributed by atoms with Gasteiger partial charge in [0.05, 0.1) is 6.04 Å². The van der Waals surface area contributed by atoms with Gasteiger partial charge in [0.1, 0.15) is 12.6 Å². The molecule has 28 heavy (non-hydrogen) atoms. The first-order valence-electron chi connectivity index (χ1n) is 8.97. The maximum absolute atomic E-state index is 12.6. The van der Waals surface area contributed by atoms with Gasteiger partial charge < -0.3 is 15.4 Å². The van der Waals surface area contributed by atoms with Gasteiger partial charge in [-0.2, -0.15) is 0 Å². The minimum absolute atomic E-state index is 0.0949. The zero-order chi connectivity index (χ0) is 20.4. The van der Waals surface area contributed by atoms with Crippen molar-refractivity contribution in [3.05, 3.63) is 84.4 Å². The summed E-state index contributed by atoms with van der Waals surface area (Å²) in [4.78, 5) is 36.5. The Bertz CT molecular complexity index is 806. The van der Waals surface area contributed by atoms with Crippen molar-refractivity contribution >= 4 is 17.8 Å². The Labute approximate surface area is 164 Å². The number of hydrogen-bond acceptors (Lipinski definition) is 4. The fraction of sp³-hybridized carbons (Fsp3) is 0.227. The van der Waals surface area contributed by atoms with E-state index in [2.05, 4.69) is 17.2 Å². The molecule has 6 heteroatoms. The van der Waals surface area contributed by atoms with Gasteiger partial charge in [0, 0.05) is 6.42 Å². The summed E-state index contributed by atoms with van der Waals surface area (Å²) >= 11 is 0. The number of amides is 2. The summed E-state index contributed by atoms with van der Waals surface area (Å²) in [6, 6.07) is 16.9. The van der Waals surface area contributed by atoms with E-state index in [0.29, 0.717) is 0 Å². The predicted molar refractivity (Wildman–Crippen MR) is 107 cm³/mol. The molecule has 0 bridgehead atoms. The molecule has 0 saturated heterocycles. The number of rotatable bonds is 9. The Morgan fingerprint density at radius 1 is 0.964 bits per heavy atom. The summed E-state index contributed by atoms with van der Waals surface area (Å²) in [5.74, 6) is -0.776. The van der Waals surface area contributed by atoms with E-state index in [4.69, 9.17) is 4.74 Å². The molecular formula is C22H24N2O4. The van der Waals surface area contributed by atoms with Crippen molar-refractivity contribution in [2.75, 3.05) is 0 Å². The molecule has 2 atom stereocenters. The highest BCUT2D eigenvalue weighted by molar-refractivity contribution is 5.97. The van der Waals surface area contributed by atoms with Crippen molar-refractivity contribution < 1.29 is 19.1 Å². The van der Waals surface area contributed by atoms with Gasteiger partial charge in [-0.15, -0.1) is 0 Å². The third-order valence-electron chi connectivity index (χ3n) is 4.09. The van der Waals surface area contributed by atoms with E-state index in [9.17, 15) is 14.4 Å². The summed E-state index contributed by atoms with van der Waals surface area (Å²) in [7, 11) is 0. The summed E-state index contributed by atoms with van der Waals surface area (Å²) in [6.07, 6.45) is 0.712. The lowest BCUT2D eigenvalue weighted by Crippen LogP contribution is -2.51. The monoisotopic (exact) mass is 380 g/mol. The highest BCUT2D eigenvalue weighted by atomic mass is 16.5. The van der Waals surface area contributed by atoms with E-state index in [-0.39, 0.29) is 18.8 Å². The summed E-state index contributed by atoms with van der Waals surface area (Å²) in [5, 5.41) is 5.19. The molecule has 6 nitrogen and oxygen atoms in total. The van der Waals surface area contributed by atoms with Crippen LogP contribution in [0.3, 0.4) is 0 Å². The van der Waals surface area contributed by atoms with Crippen LogP contribution < -0.4 is 10.6 Å². The van der Waals surface area contributed by atoms with Gasteiger partial charge in [-0.1, -0.05) is 67.2 Å². The Balaban J connectivity index is 2.02. The van der Waals surface area contributed by atoms with Crippen molar-refractivity contribution in [3.63, 3.8) is 0 Å². The second kappa shape index (κ2) is 10.7. The van der Waals surface area contributed by atoms with Crippen LogP contribution in [0, 0.1) is 0 Å². The van der Waals surface area contributed by atoms with Crippen LogP contribution in [0.2, 0.25) is 0 Å². The number of hydrogen-bond donors (Lipinski definition) is 2. The van der Waals surface area contributed by atoms with Crippen LogP contribution in [0.1, 0.15) is 18.1 Å². The molecule has 0 saturated carbocycles. The van der Waals surface area contributed by atoms with E-state index in [1.807, 2.05) is 60.7 Å². The SMILES string of the molecule is C=CC(=O)[C@@H](C)NC(=O)[C@@H](Cc1ccccc1)NC(=O)OCc1ccccc1. The number of ether oxygens (including phenoxy) is 1. The second-order valence-electron chi connectivity index (χ2n) is 6.29. The molecule has 0 aliphatic carbocycles. The summed E-state index contributed by atoms with van der Waals surface area (Å²) in [5.41, 5.74) is 1.71. The van der Waals surface area contributed by atoms with Crippen LogP contribution in [0.4, 0.5) is 4.79 Å². The molecule has 2 N–H and O–H groups in total. The molecule has 2 aromatic carbocycles. The van der Waals surface area contributed by atoms with Crippen LogP contribution in [-0.4, -0.2) is 29.9 Å². The van der Waals surface area contributed by atoms with Crippen molar-refractivity contribution in [2.24, 2.45) is 0 Å². The van der Waals surface area contributed by atoms with Gasteiger partial charge >= 0.3 is 6.09 Å². The number of alkyl carbamates (subject to hydrolysis) is 1. The standard InChI is InChI=1S/C22H24N2O4/c1-3-20(25)16(2)23-21(26)19(14-17-10-6-4-7-11-17)24-22(27)28-15-18-12-8-5-9-13-18/h3-13,16,19H,1,14-15H2,2H3,(H,23,26)(H,24,27)/t16-,19-/m1/s1. The lowest BCUT2D eigenvalue weighted by atomic mass is 10.0. The molecule has 0 spiro atoms. The first-order chi connectivity index (χ1) is 13.5. The fourth-order valence-electron chi connectivity index (χ4n) is 2.53. The average molecular weight is 380 g/mol. The van der Waals surface area contributed by atoms with Crippen LogP contribution in [0.5, 0.6) is 0 Å². The molecular weight excluding hydrogens is 356 g/mol. The topological polar surface area (TPSA) is 84.5 Å². The lowest BCUT2D eigenvalue weighted by molar-refractivity contribution is -0.127. The van der Waals surface area contributed by atoms with Gasteiger partial charge in [-0.05, 0) is 24.1 Å². The van der Waals surface area contributed by atoms with Crippen LogP contribution in [-0.2, 0) is 27.4 Å². The number of carbonyl (C=O) groups is 3. The van der Waals surface area contributed by atoms with E-state index in [0.717, 1.165) is 17.2 Å². The largest absolute Gasteiger partial charge is 0.445 e. The molecule has 0 unspecified atom stereocenters. The molecule has 2 amide bonds. The van der Waals surface area contributed by atoms with Gasteiger partial charge in [-0.3, -0.25) is 9.59 Å². The maximum Gasteiger partial charge on any atom is 0.408 e. The van der Waals surface area contributed by atoms with Crippen LogP contribution in [0.25, 0.3) is 0 Å². The first-order valence-corrected chi connectivity index (χ1v) is 8.97. The molecule has 146 valence electrons. The lowest BCUT2D eigenvalue weighted by Gasteiger charge is -2.20. The highest BCUT2D eigenvalue weighted by Crippen LogP contribution is 2.06. The molecule has 0 heterocycles. The molecule has 0 radical (unpaired) electrons. The first kappa shape index (κ1) is 20.9. The number of nitrogens with one attached hydrogen (secondary N) is 2. The Morgan fingerprint density at radius 2 is 1.54 bits per heavy atom. The third kappa shape index (κ3) is 6.72. The fourth-order valence-corrected chi connectivity index (χ4v) is 2.53. The highest BCUT2D eigenvalue weighted by Gasteiger charge is 2.24. The molecule has 0 aliphatic rings. The molecule has 0 aliphatic heterocycles. The predicted octanol–water partition coefficient (Wildman–Crippen LogP) is 2.78. The summed E-state index contributed by atoms with van der Waals surface area (Å²) in [6.45, 7) is 5.07. The minimum atomic E-state index is -0.884. The molecule has 2 aromatic rings. The minimum Gasteiger partial charge on any atom is -0.445 e. The zero-order valence-electron chi connectivity index (χ0n) is 15.8. The van der Waals surface area contributed by atoms with Gasteiger partial charge in [-0.25, -0.2) is 4.79 Å². The summed E-state index contributed by atoms with van der Waals surface area (Å²) < 4.78 is 5.21. The Kier molecular flexibility index (Phi) is 7.96. The van der Waals surface area contributed by atoms with Crippen molar-refractivity contribution in [3.8, 4) is 0 Å². The molecule has 0 fully saturated rings. The van der Waals surface area contributed by atoms with E-state index >= 15 is 0 Å². The van der Waals surface area contributed by atoms with Gasteiger partial charge in [0.15, 0.2) is 5.78 Å². The quantitative estimate of drug-likeness (QED) is 0.655. The van der Waals surface area contributed by atoms with Crippen LogP contribution in [0.15, 0.2) is 73.3 Å². The molecule has 2 rings (SSSR count). The van der Waals surface area contributed by atoms with Gasteiger partial charge in [0.2, 0.25) is 5.91 Å². The van der Waals surface area contributed by atoms with Gasteiger partial charge in [0.25, 0.3) is 0 Å². The third-order valence-corrected chi connectivity index (χ3v) is 4.09. The van der Waals surface area contributed by atoms with E-state index in [1.54, 1.807) is 6.92 Å². The van der Waals surface area contributed by atoms with Crippen molar-refractivity contribution in [1.82, 2.24) is 10.6 Å². The Hall–Kier alpha value is -3.41. The second-order valence-corrected chi connectivity index (χ2v) is 6.29.